The van der Waals surface area contributed by atoms with Crippen LogP contribution in [0.1, 0.15) is 29.1 Å². The highest BCUT2D eigenvalue weighted by atomic mass is 16.3. The fourth-order valence-corrected chi connectivity index (χ4v) is 3.35. The Hall–Kier alpha value is -3.14. The molecule has 1 aliphatic carbocycles. The summed E-state index contributed by atoms with van der Waals surface area (Å²) in [4.78, 5) is 19.7. The van der Waals surface area contributed by atoms with Crippen molar-refractivity contribution in [1.29, 1.82) is 0 Å². The van der Waals surface area contributed by atoms with Crippen molar-refractivity contribution in [2.24, 2.45) is 0 Å². The summed E-state index contributed by atoms with van der Waals surface area (Å²) in [6.45, 7) is 0.505. The number of carbonyl (C=O) groups is 1. The number of aromatic nitrogens is 1. The Morgan fingerprint density at radius 3 is 2.58 bits per heavy atom. The normalized spacial score (nSPS) is 14.0. The molecule has 0 saturated heterocycles. The van der Waals surface area contributed by atoms with Crippen LogP contribution in [0.25, 0.3) is 21.9 Å². The van der Waals surface area contributed by atoms with E-state index in [0.29, 0.717) is 12.3 Å². The first-order valence-corrected chi connectivity index (χ1v) is 8.92. The van der Waals surface area contributed by atoms with E-state index in [9.17, 15) is 4.79 Å². The molecule has 0 aliphatic heterocycles. The molecule has 0 spiro atoms. The van der Waals surface area contributed by atoms with Crippen LogP contribution in [0.3, 0.4) is 0 Å². The lowest BCUT2D eigenvalue weighted by atomic mass is 10.2. The third kappa shape index (κ3) is 2.73. The van der Waals surface area contributed by atoms with Crippen molar-refractivity contribution in [2.75, 3.05) is 0 Å². The van der Waals surface area contributed by atoms with Crippen molar-refractivity contribution in [3.63, 3.8) is 0 Å². The molecule has 128 valence electrons. The van der Waals surface area contributed by atoms with Gasteiger partial charge in [0.05, 0.1) is 17.8 Å². The van der Waals surface area contributed by atoms with Gasteiger partial charge in [0.1, 0.15) is 5.58 Å². The maximum Gasteiger partial charge on any atom is 0.290 e. The SMILES string of the molecule is O=C(c1cc2ccccc2o1)N(Cc1ccc2ccccc2n1)C1CC1. The zero-order valence-electron chi connectivity index (χ0n) is 14.3. The van der Waals surface area contributed by atoms with Crippen LogP contribution in [0.5, 0.6) is 0 Å². The Morgan fingerprint density at radius 1 is 1.00 bits per heavy atom. The molecule has 1 aliphatic rings. The summed E-state index contributed by atoms with van der Waals surface area (Å²) >= 11 is 0. The molecular weight excluding hydrogens is 324 g/mol. The quantitative estimate of drug-likeness (QED) is 0.536. The highest BCUT2D eigenvalue weighted by molar-refractivity contribution is 5.96. The Kier molecular flexibility index (Phi) is 3.49. The maximum absolute atomic E-state index is 13.1. The second-order valence-corrected chi connectivity index (χ2v) is 6.81. The minimum absolute atomic E-state index is 0.0568. The smallest absolute Gasteiger partial charge is 0.290 e. The van der Waals surface area contributed by atoms with Crippen LogP contribution in [-0.2, 0) is 6.54 Å². The Bertz CT molecular complexity index is 1080. The fraction of sp³-hybridized carbons (Fsp3) is 0.182. The molecule has 0 bridgehead atoms. The van der Waals surface area contributed by atoms with Gasteiger partial charge in [-0.25, -0.2) is 0 Å². The first-order chi connectivity index (χ1) is 12.8. The summed E-state index contributed by atoms with van der Waals surface area (Å²) in [5, 5.41) is 2.06. The van der Waals surface area contributed by atoms with Crippen molar-refractivity contribution in [2.45, 2.75) is 25.4 Å². The molecule has 5 rings (SSSR count). The van der Waals surface area contributed by atoms with Gasteiger partial charge in [-0.2, -0.15) is 0 Å². The van der Waals surface area contributed by atoms with Crippen LogP contribution in [-0.4, -0.2) is 21.8 Å². The first-order valence-electron chi connectivity index (χ1n) is 8.92. The molecule has 4 nitrogen and oxygen atoms in total. The lowest BCUT2D eigenvalue weighted by Crippen LogP contribution is -2.32. The Balaban J connectivity index is 1.46. The van der Waals surface area contributed by atoms with Gasteiger partial charge in [-0.1, -0.05) is 42.5 Å². The van der Waals surface area contributed by atoms with Gasteiger partial charge >= 0.3 is 0 Å². The molecule has 2 aromatic heterocycles. The molecule has 1 fully saturated rings. The van der Waals surface area contributed by atoms with Crippen LogP contribution in [0, 0.1) is 0 Å². The second kappa shape index (κ2) is 5.99. The third-order valence-corrected chi connectivity index (χ3v) is 4.87. The van der Waals surface area contributed by atoms with Gasteiger partial charge in [0.15, 0.2) is 5.76 Å². The standard InChI is InChI=1S/C22H18N2O2/c25-22(21-13-16-6-2-4-8-20(16)26-21)24(18-11-12-18)14-17-10-9-15-5-1-3-7-19(15)23-17/h1-10,13,18H,11-12,14H2. The van der Waals surface area contributed by atoms with E-state index in [0.717, 1.165) is 40.4 Å². The summed E-state index contributed by atoms with van der Waals surface area (Å²) in [6, 6.07) is 21.9. The second-order valence-electron chi connectivity index (χ2n) is 6.81. The van der Waals surface area contributed by atoms with E-state index in [1.54, 1.807) is 0 Å². The number of amides is 1. The maximum atomic E-state index is 13.1. The topological polar surface area (TPSA) is 46.3 Å². The number of hydrogen-bond donors (Lipinski definition) is 0. The van der Waals surface area contributed by atoms with Gasteiger partial charge in [-0.05, 0) is 37.1 Å². The molecule has 0 N–H and O–H groups in total. The highest BCUT2D eigenvalue weighted by Gasteiger charge is 2.34. The minimum Gasteiger partial charge on any atom is -0.451 e. The number of furan rings is 1. The Morgan fingerprint density at radius 2 is 1.77 bits per heavy atom. The summed E-state index contributed by atoms with van der Waals surface area (Å²) < 4.78 is 5.79. The molecule has 4 aromatic rings. The highest BCUT2D eigenvalue weighted by Crippen LogP contribution is 2.31. The third-order valence-electron chi connectivity index (χ3n) is 4.87. The van der Waals surface area contributed by atoms with E-state index in [1.807, 2.05) is 65.6 Å². The van der Waals surface area contributed by atoms with E-state index in [-0.39, 0.29) is 11.9 Å². The van der Waals surface area contributed by atoms with E-state index in [1.165, 1.54) is 0 Å². The molecule has 2 heterocycles. The molecule has 4 heteroatoms. The first kappa shape index (κ1) is 15.1. The van der Waals surface area contributed by atoms with Crippen molar-refractivity contribution in [1.82, 2.24) is 9.88 Å². The predicted molar refractivity (Wildman–Crippen MR) is 101 cm³/mol. The number of pyridine rings is 1. The van der Waals surface area contributed by atoms with Gasteiger partial charge in [0.2, 0.25) is 0 Å². The van der Waals surface area contributed by atoms with E-state index >= 15 is 0 Å². The van der Waals surface area contributed by atoms with E-state index < -0.39 is 0 Å². The van der Waals surface area contributed by atoms with Crippen LogP contribution >= 0.6 is 0 Å². The van der Waals surface area contributed by atoms with Crippen molar-refractivity contribution < 1.29 is 9.21 Å². The molecule has 26 heavy (non-hydrogen) atoms. The zero-order chi connectivity index (χ0) is 17.5. The van der Waals surface area contributed by atoms with Gasteiger partial charge < -0.3 is 9.32 Å². The van der Waals surface area contributed by atoms with Gasteiger partial charge in [0.25, 0.3) is 5.91 Å². The number of benzene rings is 2. The average molecular weight is 342 g/mol. The largest absolute Gasteiger partial charge is 0.451 e. The summed E-state index contributed by atoms with van der Waals surface area (Å²) in [6.07, 6.45) is 2.08. The van der Waals surface area contributed by atoms with E-state index in [2.05, 4.69) is 6.07 Å². The minimum atomic E-state index is -0.0568. The van der Waals surface area contributed by atoms with Crippen LogP contribution in [0.15, 0.2) is 71.1 Å². The van der Waals surface area contributed by atoms with Gasteiger partial charge in [-0.3, -0.25) is 9.78 Å². The van der Waals surface area contributed by atoms with Crippen LogP contribution in [0.2, 0.25) is 0 Å². The summed E-state index contributed by atoms with van der Waals surface area (Å²) in [5.41, 5.74) is 2.60. The number of nitrogens with zero attached hydrogens (tertiary/aromatic N) is 2. The Labute approximate surface area is 151 Å². The number of para-hydroxylation sites is 2. The van der Waals surface area contributed by atoms with Crippen molar-refractivity contribution in [3.8, 4) is 0 Å². The number of rotatable bonds is 4. The van der Waals surface area contributed by atoms with Crippen molar-refractivity contribution in [3.05, 3.63) is 78.2 Å². The lowest BCUT2D eigenvalue weighted by Gasteiger charge is -2.21. The van der Waals surface area contributed by atoms with Gasteiger partial charge in [-0.15, -0.1) is 0 Å². The monoisotopic (exact) mass is 342 g/mol. The zero-order valence-corrected chi connectivity index (χ0v) is 14.3. The summed E-state index contributed by atoms with van der Waals surface area (Å²) in [5.74, 6) is 0.345. The number of fused-ring (bicyclic) bond motifs is 2. The van der Waals surface area contributed by atoms with Crippen LogP contribution < -0.4 is 0 Å². The molecule has 0 unspecified atom stereocenters. The molecule has 1 saturated carbocycles. The molecule has 0 atom stereocenters. The van der Waals surface area contributed by atoms with E-state index in [4.69, 9.17) is 9.40 Å². The van der Waals surface area contributed by atoms with Crippen LogP contribution in [0.4, 0.5) is 0 Å². The predicted octanol–water partition coefficient (Wildman–Crippen LogP) is 4.79. The summed E-state index contributed by atoms with van der Waals surface area (Å²) in [7, 11) is 0. The average Bonchev–Trinajstić information content (AvgIpc) is 3.43. The fourth-order valence-electron chi connectivity index (χ4n) is 3.35. The van der Waals surface area contributed by atoms with Crippen molar-refractivity contribution >= 4 is 27.8 Å². The number of carbonyl (C=O) groups excluding carboxylic acids is 1. The number of hydrogen-bond acceptors (Lipinski definition) is 3. The molecule has 0 radical (unpaired) electrons. The molecular formula is C22H18N2O2. The molecule has 2 aromatic carbocycles. The lowest BCUT2D eigenvalue weighted by molar-refractivity contribution is 0.0698. The van der Waals surface area contributed by atoms with Gasteiger partial charge in [0, 0.05) is 16.8 Å². The molecule has 1 amide bonds.